The summed E-state index contributed by atoms with van der Waals surface area (Å²) < 4.78 is 18.2. The number of nitro benzene ring substituents is 1. The third kappa shape index (κ3) is 14.2. The van der Waals surface area contributed by atoms with Gasteiger partial charge in [0.1, 0.15) is 21.8 Å². The Morgan fingerprint density at radius 3 is 2.09 bits per heavy atom. The number of nitrogens with one attached hydrogen (secondary N) is 3. The maximum absolute atomic E-state index is 15.6. The molecule has 2 aliphatic heterocycles. The zero-order valence-corrected chi connectivity index (χ0v) is 45.9. The number of carbonyl (C=O) groups is 4. The van der Waals surface area contributed by atoms with Crippen molar-refractivity contribution >= 4 is 49.8 Å². The molecule has 2 unspecified atom stereocenters. The van der Waals surface area contributed by atoms with Gasteiger partial charge >= 0.3 is 12.0 Å². The van der Waals surface area contributed by atoms with Crippen molar-refractivity contribution in [2.24, 2.45) is 0 Å². The summed E-state index contributed by atoms with van der Waals surface area (Å²) in [6, 6.07) is 30.7. The van der Waals surface area contributed by atoms with Crippen molar-refractivity contribution in [2.75, 3.05) is 26.5 Å². The Kier molecular flexibility index (Phi) is 21.5. The van der Waals surface area contributed by atoms with Crippen LogP contribution in [-0.4, -0.2) is 110 Å². The van der Waals surface area contributed by atoms with Gasteiger partial charge in [0.2, 0.25) is 11.8 Å². The highest BCUT2D eigenvalue weighted by atomic mass is 32.2. The lowest BCUT2D eigenvalue weighted by Crippen LogP contribution is -2.56. The summed E-state index contributed by atoms with van der Waals surface area (Å²) in [5, 5.41) is 40.6. The van der Waals surface area contributed by atoms with E-state index in [0.29, 0.717) is 73.4 Å². The zero-order chi connectivity index (χ0) is 55.0. The summed E-state index contributed by atoms with van der Waals surface area (Å²) in [5.74, 6) is 0.441. The number of hydrogen-bond acceptors (Lipinski definition) is 13. The summed E-state index contributed by atoms with van der Waals surface area (Å²) in [7, 11) is 1.09. The van der Waals surface area contributed by atoms with E-state index in [1.165, 1.54) is 17.8 Å². The average molecular weight is 1080 g/mol. The lowest BCUT2D eigenvalue weighted by atomic mass is 9.75. The molecular weight excluding hydrogens is 1010 g/mol. The number of thioether (sulfide) groups is 1. The first-order valence-corrected chi connectivity index (χ1v) is 28.1. The van der Waals surface area contributed by atoms with E-state index in [1.807, 2.05) is 116 Å². The van der Waals surface area contributed by atoms with Crippen molar-refractivity contribution in [1.29, 1.82) is 5.26 Å². The highest BCUT2D eigenvalue weighted by Gasteiger charge is 2.57. The van der Waals surface area contributed by atoms with Crippen molar-refractivity contribution in [2.45, 2.75) is 145 Å². The molecule has 0 aromatic heterocycles. The summed E-state index contributed by atoms with van der Waals surface area (Å²) in [4.78, 5) is 78.5. The molecule has 2 heterocycles. The molecule has 408 valence electrons. The quantitative estimate of drug-likeness (QED) is 0.00816. The Balaban J connectivity index is 1.32. The minimum atomic E-state index is -2.07. The molecule has 2 saturated heterocycles. The lowest BCUT2D eigenvalue weighted by Gasteiger charge is -2.46. The molecule has 0 aliphatic carbocycles. The van der Waals surface area contributed by atoms with Gasteiger partial charge in [-0.1, -0.05) is 73.5 Å². The van der Waals surface area contributed by atoms with Gasteiger partial charge in [-0.25, -0.2) is 9.46 Å². The fourth-order valence-electron chi connectivity index (χ4n) is 10.5. The van der Waals surface area contributed by atoms with Crippen molar-refractivity contribution < 1.29 is 48.1 Å². The standard InChI is InChI=1S/C56H72N7O11PS/c1-38(2)62(39(3)4)75(71)74-47(31-33-57)25-20-41-35-40(19-30-49(41)63(69)70)36-61(56(42-15-9-7-10-16-42,43-21-26-45(72-5)27-22-43)44-23-28-46(73-6)29-24-44)50(64)17-11-8-14-34-58-53(67)55(32-13-12-18-51(65)66)52-48(37-76-55)59-54(68)60-52/h7,9-10,15-16,19,21-24,26-30,35,38-39,47-48,52,71H,8,11-14,17-18,20,25,31-32,34,36-37H2,1-6H3,(H,58,67)(H,65,66)(H2,59,60,68)/t47?,48-,52-,55-,75?/m0/s1. The van der Waals surface area contributed by atoms with Crippen molar-refractivity contribution in [1.82, 2.24) is 25.5 Å². The Bertz CT molecular complexity index is 2580. The topological polar surface area (TPSA) is 246 Å². The van der Waals surface area contributed by atoms with E-state index in [9.17, 15) is 39.8 Å². The predicted molar refractivity (Wildman–Crippen MR) is 293 cm³/mol. The summed E-state index contributed by atoms with van der Waals surface area (Å²) in [6.07, 6.45) is 2.56. The molecule has 0 spiro atoms. The van der Waals surface area contributed by atoms with E-state index in [0.717, 1.165) is 16.7 Å². The van der Waals surface area contributed by atoms with Gasteiger partial charge in [-0.3, -0.25) is 24.5 Å². The van der Waals surface area contributed by atoms with Crippen molar-refractivity contribution in [3.63, 3.8) is 0 Å². The molecule has 4 aromatic carbocycles. The van der Waals surface area contributed by atoms with E-state index in [1.54, 1.807) is 26.4 Å². The van der Waals surface area contributed by atoms with Crippen LogP contribution in [0.5, 0.6) is 11.5 Å². The monoisotopic (exact) mass is 1080 g/mol. The van der Waals surface area contributed by atoms with E-state index >= 15 is 4.79 Å². The number of carboxylic acids is 1. The largest absolute Gasteiger partial charge is 0.497 e. The Hall–Kier alpha value is -6.29. The summed E-state index contributed by atoms with van der Waals surface area (Å²) in [5.41, 5.74) is 1.84. The van der Waals surface area contributed by atoms with Gasteiger partial charge in [-0.05, 0) is 119 Å². The van der Waals surface area contributed by atoms with E-state index in [2.05, 4.69) is 22.0 Å². The second kappa shape index (κ2) is 27.7. The predicted octanol–water partition coefficient (Wildman–Crippen LogP) is 9.36. The molecular formula is C56H72N7O11PS. The van der Waals surface area contributed by atoms with Crippen LogP contribution in [0.2, 0.25) is 0 Å². The molecule has 0 bridgehead atoms. The van der Waals surface area contributed by atoms with Gasteiger partial charge in [0.05, 0.1) is 49.8 Å². The Labute approximate surface area is 451 Å². The van der Waals surface area contributed by atoms with Gasteiger partial charge in [0, 0.05) is 55.4 Å². The number of carbonyl (C=O) groups excluding carboxylic acids is 3. The lowest BCUT2D eigenvalue weighted by molar-refractivity contribution is -0.385. The minimum Gasteiger partial charge on any atom is -0.497 e. The van der Waals surface area contributed by atoms with Crippen LogP contribution in [0, 0.1) is 21.4 Å². The first kappa shape index (κ1) is 59.0. The van der Waals surface area contributed by atoms with Crippen LogP contribution in [0.3, 0.4) is 0 Å². The number of methoxy groups -OCH3 is 2. The number of benzene rings is 4. The zero-order valence-electron chi connectivity index (χ0n) is 44.2. The fourth-order valence-corrected chi connectivity index (χ4v) is 13.5. The molecule has 5 N–H and O–H groups in total. The van der Waals surface area contributed by atoms with Gasteiger partial charge in [0.15, 0.2) is 0 Å². The third-order valence-electron chi connectivity index (χ3n) is 14.1. The van der Waals surface area contributed by atoms with Crippen LogP contribution in [0.15, 0.2) is 97.1 Å². The highest BCUT2D eigenvalue weighted by molar-refractivity contribution is 8.01. The average Bonchev–Trinajstić information content (AvgIpc) is 4.01. The second-order valence-electron chi connectivity index (χ2n) is 19.8. The van der Waals surface area contributed by atoms with Crippen molar-refractivity contribution in [3.8, 4) is 17.6 Å². The number of urea groups is 1. The maximum atomic E-state index is 15.6. The molecule has 2 aliphatic rings. The van der Waals surface area contributed by atoms with Crippen LogP contribution in [0.1, 0.15) is 120 Å². The number of ether oxygens (including phenoxy) is 2. The first-order chi connectivity index (χ1) is 36.5. The third-order valence-corrected chi connectivity index (χ3v) is 17.6. The number of aryl methyl sites for hydroxylation is 1. The maximum Gasteiger partial charge on any atom is 0.315 e. The van der Waals surface area contributed by atoms with Gasteiger partial charge in [0.25, 0.3) is 14.2 Å². The number of carboxylic acid groups (broad SMARTS) is 1. The highest BCUT2D eigenvalue weighted by Crippen LogP contribution is 2.47. The Morgan fingerprint density at radius 1 is 0.895 bits per heavy atom. The number of fused-ring (bicyclic) bond motifs is 1. The van der Waals surface area contributed by atoms with Gasteiger partial charge in [-0.2, -0.15) is 5.26 Å². The number of nitro groups is 1. The number of aliphatic carboxylic acids is 1. The minimum absolute atomic E-state index is 0.00437. The van der Waals surface area contributed by atoms with Crippen LogP contribution in [-0.2, 0) is 37.4 Å². The number of nitrogens with zero attached hydrogens (tertiary/aromatic N) is 4. The first-order valence-electron chi connectivity index (χ1n) is 25.9. The van der Waals surface area contributed by atoms with Gasteiger partial charge in [-0.15, -0.1) is 11.8 Å². The SMILES string of the molecule is COc1ccc(C(c2ccccc2)(c2ccc(OC)cc2)N(Cc2ccc([N+](=O)[O-])c(CCC(CC#N)OP(O)N(C(C)C)C(C)C)c2)C(=O)CCCCCNC(=O)[C@@]2(CCCCC(=O)O)SC[C@@H]3NC(=O)N[C@@H]32)cc1. The van der Waals surface area contributed by atoms with Crippen LogP contribution >= 0.6 is 20.3 Å². The summed E-state index contributed by atoms with van der Waals surface area (Å²) in [6.45, 7) is 8.12. The van der Waals surface area contributed by atoms with E-state index in [4.69, 9.17) is 14.0 Å². The number of amides is 4. The Morgan fingerprint density at radius 2 is 1.51 bits per heavy atom. The van der Waals surface area contributed by atoms with E-state index in [-0.39, 0.29) is 80.3 Å². The number of nitriles is 1. The smallest absolute Gasteiger partial charge is 0.315 e. The number of rotatable bonds is 30. The summed E-state index contributed by atoms with van der Waals surface area (Å²) >= 11 is 1.48. The molecule has 5 atom stereocenters. The van der Waals surface area contributed by atoms with E-state index < -0.39 is 41.9 Å². The van der Waals surface area contributed by atoms with Crippen LogP contribution < -0.4 is 25.4 Å². The normalized spacial score (nSPS) is 17.8. The molecule has 4 aromatic rings. The molecule has 2 fully saturated rings. The number of unbranched alkanes of at least 4 members (excludes halogenated alkanes) is 3. The van der Waals surface area contributed by atoms with Gasteiger partial charge < -0.3 is 44.8 Å². The molecule has 4 amide bonds. The molecule has 76 heavy (non-hydrogen) atoms. The molecule has 20 heteroatoms. The van der Waals surface area contributed by atoms with Crippen LogP contribution in [0.25, 0.3) is 0 Å². The molecule has 0 saturated carbocycles. The van der Waals surface area contributed by atoms with Crippen LogP contribution in [0.4, 0.5) is 10.5 Å². The molecule has 6 rings (SSSR count). The molecule has 0 radical (unpaired) electrons. The fraction of sp³-hybridized carbons (Fsp3) is 0.482. The second-order valence-corrected chi connectivity index (χ2v) is 22.3. The number of hydrogen-bond donors (Lipinski definition) is 5. The molecule has 18 nitrogen and oxygen atoms in total. The van der Waals surface area contributed by atoms with Crippen molar-refractivity contribution in [3.05, 3.63) is 135 Å².